The van der Waals surface area contributed by atoms with Gasteiger partial charge in [-0.25, -0.2) is 4.98 Å². The van der Waals surface area contributed by atoms with Crippen molar-refractivity contribution in [3.63, 3.8) is 0 Å². The number of amides is 1. The zero-order valence-corrected chi connectivity index (χ0v) is 18.6. The van der Waals surface area contributed by atoms with E-state index in [2.05, 4.69) is 15.4 Å². The average Bonchev–Trinajstić information content (AvgIpc) is 3.32. The molecule has 0 atom stereocenters. The van der Waals surface area contributed by atoms with Crippen molar-refractivity contribution in [1.82, 2.24) is 24.5 Å². The number of hydrogen-bond donors (Lipinski definition) is 2. The first-order chi connectivity index (χ1) is 16.1. The van der Waals surface area contributed by atoms with Gasteiger partial charge in [-0.05, 0) is 37.5 Å². The fourth-order valence-corrected chi connectivity index (χ4v) is 4.58. The highest BCUT2D eigenvalue weighted by atomic mass is 35.5. The molecule has 5 rings (SSSR count). The van der Waals surface area contributed by atoms with Crippen molar-refractivity contribution in [2.75, 3.05) is 0 Å². The molecule has 0 unspecified atom stereocenters. The third kappa shape index (κ3) is 3.82. The molecule has 34 heavy (non-hydrogen) atoms. The molecule has 1 aromatic carbocycles. The Morgan fingerprint density at radius 2 is 1.94 bits per heavy atom. The number of hydrogen-bond acceptors (Lipinski definition) is 4. The molecule has 1 amide bonds. The largest absolute Gasteiger partial charge is 0.390 e. The quantitative estimate of drug-likeness (QED) is 0.426. The van der Waals surface area contributed by atoms with E-state index in [9.17, 15) is 23.1 Å². The Balaban J connectivity index is 1.51. The van der Waals surface area contributed by atoms with E-state index >= 15 is 0 Å². The number of aliphatic hydroxyl groups is 1. The van der Waals surface area contributed by atoms with Gasteiger partial charge in [0.15, 0.2) is 0 Å². The minimum Gasteiger partial charge on any atom is -0.390 e. The Bertz CT molecular complexity index is 1410. The second-order valence-corrected chi connectivity index (χ2v) is 8.95. The molecule has 0 spiro atoms. The highest BCUT2D eigenvalue weighted by Gasteiger charge is 2.39. The van der Waals surface area contributed by atoms with Crippen LogP contribution < -0.4 is 5.32 Å². The van der Waals surface area contributed by atoms with Gasteiger partial charge in [-0.3, -0.25) is 9.20 Å². The Labute approximate surface area is 196 Å². The predicted molar refractivity (Wildman–Crippen MR) is 119 cm³/mol. The standard InChI is InChI=1S/C23H19ClF3N5O2/c1-23(34)9-13(10-23)29-21(33)12-6-7-31-17(8-12)30-18(19(31)24)15-5-3-2-4-14(15)16-11-28-32(20(16)25)22(26)27/h2-8,11,13,22,34H,9-10H2,1H3,(H,29,33). The lowest BCUT2D eigenvalue weighted by Gasteiger charge is -2.41. The number of aromatic nitrogens is 4. The molecule has 1 fully saturated rings. The van der Waals surface area contributed by atoms with Crippen molar-refractivity contribution in [3.05, 3.63) is 65.5 Å². The molecule has 0 aliphatic heterocycles. The number of nitrogens with zero attached hydrogens (tertiary/aromatic N) is 4. The van der Waals surface area contributed by atoms with E-state index in [1.165, 1.54) is 0 Å². The van der Waals surface area contributed by atoms with Crippen molar-refractivity contribution >= 4 is 23.2 Å². The third-order valence-electron chi connectivity index (χ3n) is 5.93. The molecule has 0 saturated heterocycles. The molecule has 3 aromatic heterocycles. The Morgan fingerprint density at radius 1 is 1.24 bits per heavy atom. The molecule has 4 aromatic rings. The average molecular weight is 490 g/mol. The van der Waals surface area contributed by atoms with Gasteiger partial charge < -0.3 is 10.4 Å². The first kappa shape index (κ1) is 22.4. The maximum absolute atomic E-state index is 14.6. The van der Waals surface area contributed by atoms with Crippen LogP contribution in [-0.2, 0) is 0 Å². The molecule has 11 heteroatoms. The van der Waals surface area contributed by atoms with Crippen molar-refractivity contribution in [3.8, 4) is 22.4 Å². The van der Waals surface area contributed by atoms with Crippen LogP contribution in [0.15, 0.2) is 48.8 Å². The van der Waals surface area contributed by atoms with Crippen LogP contribution in [0.4, 0.5) is 13.2 Å². The van der Waals surface area contributed by atoms with Crippen LogP contribution in [0.1, 0.15) is 36.7 Å². The summed E-state index contributed by atoms with van der Waals surface area (Å²) >= 11 is 6.56. The Morgan fingerprint density at radius 3 is 2.59 bits per heavy atom. The second-order valence-electron chi connectivity index (χ2n) is 8.59. The van der Waals surface area contributed by atoms with Crippen LogP contribution in [0.2, 0.25) is 5.15 Å². The monoisotopic (exact) mass is 489 g/mol. The summed E-state index contributed by atoms with van der Waals surface area (Å²) in [7, 11) is 0. The summed E-state index contributed by atoms with van der Waals surface area (Å²) in [6.45, 7) is -1.40. The number of pyridine rings is 1. The molecular weight excluding hydrogens is 471 g/mol. The number of carbonyl (C=O) groups excluding carboxylic acids is 1. The summed E-state index contributed by atoms with van der Waals surface area (Å²) in [6.07, 6.45) is 3.59. The van der Waals surface area contributed by atoms with Gasteiger partial charge in [-0.1, -0.05) is 35.9 Å². The van der Waals surface area contributed by atoms with E-state index < -0.39 is 18.1 Å². The fraction of sp³-hybridized carbons (Fsp3) is 0.261. The summed E-state index contributed by atoms with van der Waals surface area (Å²) in [5.74, 6) is -1.47. The lowest BCUT2D eigenvalue weighted by atomic mass is 9.77. The lowest BCUT2D eigenvalue weighted by Crippen LogP contribution is -2.53. The normalized spacial score (nSPS) is 20.0. The highest BCUT2D eigenvalue weighted by molar-refractivity contribution is 6.32. The summed E-state index contributed by atoms with van der Waals surface area (Å²) in [5, 5.41) is 16.4. The van der Waals surface area contributed by atoms with Gasteiger partial charge in [0.2, 0.25) is 5.95 Å². The Hall–Kier alpha value is -3.37. The minimum absolute atomic E-state index is 0.00373. The number of benzene rings is 1. The topological polar surface area (TPSA) is 84.5 Å². The number of halogens is 4. The molecule has 1 aliphatic rings. The zero-order valence-electron chi connectivity index (χ0n) is 17.8. The van der Waals surface area contributed by atoms with E-state index in [-0.39, 0.29) is 27.3 Å². The molecule has 1 aliphatic carbocycles. The third-order valence-corrected chi connectivity index (χ3v) is 6.29. The smallest absolute Gasteiger partial charge is 0.335 e. The number of rotatable bonds is 5. The van der Waals surface area contributed by atoms with Crippen LogP contribution in [0.25, 0.3) is 28.0 Å². The van der Waals surface area contributed by atoms with Crippen LogP contribution in [0.5, 0.6) is 0 Å². The first-order valence-corrected chi connectivity index (χ1v) is 10.8. The van der Waals surface area contributed by atoms with Gasteiger partial charge in [-0.2, -0.15) is 23.0 Å². The molecule has 7 nitrogen and oxygen atoms in total. The van der Waals surface area contributed by atoms with Crippen LogP contribution in [-0.4, -0.2) is 41.8 Å². The molecule has 176 valence electrons. The van der Waals surface area contributed by atoms with E-state index in [0.717, 1.165) is 6.20 Å². The molecule has 0 radical (unpaired) electrons. The second kappa shape index (κ2) is 8.14. The summed E-state index contributed by atoms with van der Waals surface area (Å²) in [5.41, 5.74) is 0.900. The van der Waals surface area contributed by atoms with Gasteiger partial charge in [0.1, 0.15) is 16.5 Å². The fourth-order valence-electron chi connectivity index (χ4n) is 4.29. The van der Waals surface area contributed by atoms with Crippen LogP contribution >= 0.6 is 11.6 Å². The number of fused-ring (bicyclic) bond motifs is 1. The summed E-state index contributed by atoms with van der Waals surface area (Å²) in [4.78, 5) is 17.2. The van der Waals surface area contributed by atoms with Gasteiger partial charge in [-0.15, -0.1) is 0 Å². The van der Waals surface area contributed by atoms with E-state index in [0.29, 0.717) is 40.9 Å². The van der Waals surface area contributed by atoms with Crippen LogP contribution in [0.3, 0.4) is 0 Å². The van der Waals surface area contributed by atoms with Gasteiger partial charge >= 0.3 is 6.55 Å². The summed E-state index contributed by atoms with van der Waals surface area (Å²) < 4.78 is 42.2. The van der Waals surface area contributed by atoms with Crippen LogP contribution in [0, 0.1) is 5.95 Å². The number of carbonyl (C=O) groups is 1. The van der Waals surface area contributed by atoms with Crippen molar-refractivity contribution in [2.45, 2.75) is 38.0 Å². The van der Waals surface area contributed by atoms with Gasteiger partial charge in [0.05, 0.1) is 17.4 Å². The van der Waals surface area contributed by atoms with Gasteiger partial charge in [0, 0.05) is 23.4 Å². The molecule has 1 saturated carbocycles. The molecule has 3 heterocycles. The van der Waals surface area contributed by atoms with Crippen molar-refractivity contribution < 1.29 is 23.1 Å². The highest BCUT2D eigenvalue weighted by Crippen LogP contribution is 2.37. The first-order valence-electron chi connectivity index (χ1n) is 10.5. The zero-order chi connectivity index (χ0) is 24.2. The number of imidazole rings is 1. The molecular formula is C23H19ClF3N5O2. The van der Waals surface area contributed by atoms with Crippen molar-refractivity contribution in [2.24, 2.45) is 0 Å². The molecule has 2 N–H and O–H groups in total. The van der Waals surface area contributed by atoms with Crippen molar-refractivity contribution in [1.29, 1.82) is 0 Å². The number of nitrogens with one attached hydrogen (secondary N) is 1. The Kier molecular flexibility index (Phi) is 5.37. The predicted octanol–water partition coefficient (Wildman–Crippen LogP) is 4.70. The van der Waals surface area contributed by atoms with E-state index in [1.807, 2.05) is 0 Å². The number of alkyl halides is 2. The van der Waals surface area contributed by atoms with E-state index in [4.69, 9.17) is 11.6 Å². The van der Waals surface area contributed by atoms with Gasteiger partial charge in [0.25, 0.3) is 5.91 Å². The summed E-state index contributed by atoms with van der Waals surface area (Å²) in [6, 6.07) is 9.61. The molecule has 0 bridgehead atoms. The maximum atomic E-state index is 14.6. The van der Waals surface area contributed by atoms with E-state index in [1.54, 1.807) is 53.9 Å². The SMILES string of the molecule is CC1(O)CC(NC(=O)c2ccn3c(Cl)c(-c4ccccc4-c4cnn(C(F)F)c4F)nc3c2)C1. The minimum atomic E-state index is -3.12. The maximum Gasteiger partial charge on any atom is 0.335 e. The lowest BCUT2D eigenvalue weighted by molar-refractivity contribution is -0.0367.